The van der Waals surface area contributed by atoms with Gasteiger partial charge in [-0.25, -0.2) is 0 Å². The van der Waals surface area contributed by atoms with Gasteiger partial charge in [-0.15, -0.1) is 0 Å². The molecule has 0 amide bonds. The largest absolute Gasteiger partial charge is 0.353 e. The maximum Gasteiger partial charge on any atom is 0.116 e. The number of benzene rings is 1. The lowest BCUT2D eigenvalue weighted by Crippen LogP contribution is -2.29. The Morgan fingerprint density at radius 3 is 2.57 bits per heavy atom. The Morgan fingerprint density at radius 2 is 1.68 bits per heavy atom. The number of aromatic nitrogens is 6. The van der Waals surface area contributed by atoms with Crippen molar-refractivity contribution in [3.63, 3.8) is 0 Å². The van der Waals surface area contributed by atoms with Crippen molar-refractivity contribution in [2.45, 2.75) is 25.8 Å². The summed E-state index contributed by atoms with van der Waals surface area (Å²) in [6.07, 6.45) is 11.5. The molecule has 1 aromatic carbocycles. The first-order valence-electron chi connectivity index (χ1n) is 12.9. The molecule has 0 unspecified atom stereocenters. The number of pyridine rings is 3. The molecule has 7 heteroatoms. The van der Waals surface area contributed by atoms with Gasteiger partial charge in [0.2, 0.25) is 0 Å². The summed E-state index contributed by atoms with van der Waals surface area (Å²) in [5.74, 6) is 0. The van der Waals surface area contributed by atoms with Crippen LogP contribution in [0, 0.1) is 0 Å². The molecule has 0 radical (unpaired) electrons. The summed E-state index contributed by atoms with van der Waals surface area (Å²) in [7, 11) is 0. The Kier molecular flexibility index (Phi) is 5.48. The van der Waals surface area contributed by atoms with Gasteiger partial charge in [-0.3, -0.25) is 25.0 Å². The van der Waals surface area contributed by atoms with E-state index < -0.39 is 0 Å². The monoisotopic (exact) mass is 485 g/mol. The molecular formula is C30H27N7. The fraction of sp³-hybridized carbons (Fsp3) is 0.200. The van der Waals surface area contributed by atoms with Crippen LogP contribution in [0.5, 0.6) is 0 Å². The van der Waals surface area contributed by atoms with E-state index in [2.05, 4.69) is 65.4 Å². The maximum absolute atomic E-state index is 4.68. The summed E-state index contributed by atoms with van der Waals surface area (Å²) in [6.45, 7) is 3.31. The van der Waals surface area contributed by atoms with Crippen LogP contribution in [0.1, 0.15) is 24.8 Å². The second-order valence-corrected chi connectivity index (χ2v) is 9.77. The number of rotatable bonds is 5. The number of piperidine rings is 1. The van der Waals surface area contributed by atoms with Crippen LogP contribution in [0.2, 0.25) is 0 Å². The van der Waals surface area contributed by atoms with Gasteiger partial charge in [0.1, 0.15) is 5.69 Å². The van der Waals surface area contributed by atoms with Crippen molar-refractivity contribution < 1.29 is 0 Å². The van der Waals surface area contributed by atoms with Gasteiger partial charge in [0.25, 0.3) is 0 Å². The van der Waals surface area contributed by atoms with Gasteiger partial charge in [0, 0.05) is 53.2 Å². The normalized spacial score (nSPS) is 14.5. The van der Waals surface area contributed by atoms with E-state index in [1.807, 2.05) is 42.9 Å². The second kappa shape index (κ2) is 9.26. The summed E-state index contributed by atoms with van der Waals surface area (Å²) in [4.78, 5) is 19.8. The number of aromatic amines is 2. The van der Waals surface area contributed by atoms with E-state index in [9.17, 15) is 0 Å². The minimum absolute atomic E-state index is 0.852. The van der Waals surface area contributed by atoms with Gasteiger partial charge in [0.05, 0.1) is 22.6 Å². The average Bonchev–Trinajstić information content (AvgIpc) is 3.58. The molecule has 1 saturated heterocycles. The number of hydrogen-bond donors (Lipinski definition) is 2. The third-order valence-electron chi connectivity index (χ3n) is 7.26. The Labute approximate surface area is 214 Å². The van der Waals surface area contributed by atoms with Gasteiger partial charge < -0.3 is 4.98 Å². The molecular weight excluding hydrogens is 458 g/mol. The zero-order chi connectivity index (χ0) is 24.6. The number of nitrogens with one attached hydrogen (secondary N) is 2. The highest BCUT2D eigenvalue weighted by Crippen LogP contribution is 2.34. The van der Waals surface area contributed by atoms with Gasteiger partial charge >= 0.3 is 0 Å². The minimum atomic E-state index is 0.852. The fourth-order valence-corrected chi connectivity index (χ4v) is 5.39. The Balaban J connectivity index is 1.26. The highest BCUT2D eigenvalue weighted by molar-refractivity contribution is 6.00. The highest BCUT2D eigenvalue weighted by atomic mass is 15.1. The zero-order valence-electron chi connectivity index (χ0n) is 20.5. The molecule has 37 heavy (non-hydrogen) atoms. The fourth-order valence-electron chi connectivity index (χ4n) is 5.39. The van der Waals surface area contributed by atoms with Crippen LogP contribution in [0.4, 0.5) is 0 Å². The van der Waals surface area contributed by atoms with Gasteiger partial charge in [0.15, 0.2) is 0 Å². The summed E-state index contributed by atoms with van der Waals surface area (Å²) in [5, 5.41) is 9.97. The highest BCUT2D eigenvalue weighted by Gasteiger charge is 2.16. The maximum atomic E-state index is 4.68. The molecule has 0 atom stereocenters. The lowest BCUT2D eigenvalue weighted by molar-refractivity contribution is 0.220. The van der Waals surface area contributed by atoms with Crippen molar-refractivity contribution in [2.75, 3.05) is 13.1 Å². The van der Waals surface area contributed by atoms with Crippen molar-refractivity contribution >= 4 is 21.8 Å². The minimum Gasteiger partial charge on any atom is -0.353 e. The molecule has 0 spiro atoms. The molecule has 1 fully saturated rings. The smallest absolute Gasteiger partial charge is 0.116 e. The molecule has 0 bridgehead atoms. The molecule has 1 aliphatic heterocycles. The predicted molar refractivity (Wildman–Crippen MR) is 147 cm³/mol. The summed E-state index contributed by atoms with van der Waals surface area (Å²) in [6, 6.07) is 18.7. The van der Waals surface area contributed by atoms with E-state index in [-0.39, 0.29) is 0 Å². The van der Waals surface area contributed by atoms with Crippen molar-refractivity contribution in [2.24, 2.45) is 0 Å². The lowest BCUT2D eigenvalue weighted by atomic mass is 10.0. The molecule has 7 rings (SSSR count). The van der Waals surface area contributed by atoms with Crippen molar-refractivity contribution in [3.8, 4) is 33.9 Å². The molecule has 1 aliphatic rings. The summed E-state index contributed by atoms with van der Waals surface area (Å²) < 4.78 is 0. The first-order chi connectivity index (χ1) is 18.3. The second-order valence-electron chi connectivity index (χ2n) is 9.77. The first kappa shape index (κ1) is 21.9. The van der Waals surface area contributed by atoms with E-state index in [1.54, 1.807) is 6.20 Å². The number of nitrogens with zero attached hydrogens (tertiary/aromatic N) is 5. The van der Waals surface area contributed by atoms with E-state index in [4.69, 9.17) is 0 Å². The van der Waals surface area contributed by atoms with Crippen LogP contribution >= 0.6 is 0 Å². The Morgan fingerprint density at radius 1 is 0.757 bits per heavy atom. The molecule has 7 nitrogen and oxygen atoms in total. The molecule has 6 heterocycles. The van der Waals surface area contributed by atoms with E-state index in [1.165, 1.54) is 37.9 Å². The summed E-state index contributed by atoms with van der Waals surface area (Å²) in [5.41, 5.74) is 9.07. The number of hydrogen-bond acceptors (Lipinski definition) is 5. The quantitative estimate of drug-likeness (QED) is 0.303. The standard InChI is InChI=1S/C30H27N7/c1-4-12-37(13-5-1)19-20-14-22(18-31-17-20)21-7-8-26-23(15-21)30(36-35-26)28-16-24-25(34-28)9-11-33-29(24)27-6-2-3-10-32-27/h2-3,6-11,14-18,34H,1,4-5,12-13,19H2,(H,35,36). The number of H-pyrrole nitrogens is 2. The molecule has 2 N–H and O–H groups in total. The van der Waals surface area contributed by atoms with Crippen LogP contribution in [0.25, 0.3) is 55.7 Å². The van der Waals surface area contributed by atoms with Crippen molar-refractivity contribution in [1.29, 1.82) is 0 Å². The van der Waals surface area contributed by atoms with Crippen LogP contribution in [-0.4, -0.2) is 48.1 Å². The van der Waals surface area contributed by atoms with Crippen molar-refractivity contribution in [1.82, 2.24) is 35.0 Å². The van der Waals surface area contributed by atoms with Crippen LogP contribution < -0.4 is 0 Å². The number of fused-ring (bicyclic) bond motifs is 2. The zero-order valence-corrected chi connectivity index (χ0v) is 20.5. The number of likely N-dealkylation sites (tertiary alicyclic amines) is 1. The summed E-state index contributed by atoms with van der Waals surface area (Å²) >= 11 is 0. The topological polar surface area (TPSA) is 86.4 Å². The van der Waals surface area contributed by atoms with E-state index in [0.29, 0.717) is 0 Å². The van der Waals surface area contributed by atoms with Crippen LogP contribution in [0.15, 0.2) is 79.4 Å². The predicted octanol–water partition coefficient (Wildman–Crippen LogP) is 6.22. The SMILES string of the molecule is c1ccc(-c2nccc3[nH]c(-c4n[nH]c5ccc(-c6cncc(CN7CCCCC7)c6)cc45)cc23)nc1. The molecule has 0 saturated carbocycles. The van der Waals surface area contributed by atoms with E-state index in [0.717, 1.165) is 62.3 Å². The average molecular weight is 486 g/mol. The third kappa shape index (κ3) is 4.17. The van der Waals surface area contributed by atoms with Crippen LogP contribution in [-0.2, 0) is 6.54 Å². The first-order valence-corrected chi connectivity index (χ1v) is 12.9. The Bertz CT molecular complexity index is 1690. The van der Waals surface area contributed by atoms with Crippen molar-refractivity contribution in [3.05, 3.63) is 84.9 Å². The Hall–Kier alpha value is -4.36. The lowest BCUT2D eigenvalue weighted by Gasteiger charge is -2.26. The van der Waals surface area contributed by atoms with Gasteiger partial charge in [-0.2, -0.15) is 5.10 Å². The molecule has 182 valence electrons. The van der Waals surface area contributed by atoms with Gasteiger partial charge in [-0.05, 0) is 79.5 Å². The van der Waals surface area contributed by atoms with Crippen LogP contribution in [0.3, 0.4) is 0 Å². The van der Waals surface area contributed by atoms with Gasteiger partial charge in [-0.1, -0.05) is 18.6 Å². The molecule has 0 aliphatic carbocycles. The third-order valence-corrected chi connectivity index (χ3v) is 7.26. The van der Waals surface area contributed by atoms with E-state index >= 15 is 0 Å². The molecule has 5 aromatic heterocycles. The molecule has 6 aromatic rings.